The van der Waals surface area contributed by atoms with Gasteiger partial charge in [-0.3, -0.25) is 0 Å². The quantitative estimate of drug-likeness (QED) is 0.746. The van der Waals surface area contributed by atoms with Crippen molar-refractivity contribution < 1.29 is 4.74 Å². The maximum atomic E-state index is 5.84. The molecule has 2 aromatic heterocycles. The number of hydrogen-bond acceptors (Lipinski definition) is 3. The van der Waals surface area contributed by atoms with Crippen molar-refractivity contribution in [2.45, 2.75) is 13.8 Å². The highest BCUT2D eigenvalue weighted by Crippen LogP contribution is 2.27. The molecule has 4 heteroatoms. The molecule has 0 aliphatic rings. The van der Waals surface area contributed by atoms with E-state index in [4.69, 9.17) is 4.74 Å². The van der Waals surface area contributed by atoms with E-state index in [-0.39, 0.29) is 0 Å². The van der Waals surface area contributed by atoms with E-state index in [2.05, 4.69) is 21.0 Å². The van der Waals surface area contributed by atoms with Gasteiger partial charge in [-0.2, -0.15) is 0 Å². The number of aromatic nitrogens is 3. The molecular weight excluding hydrogens is 226 g/mol. The molecule has 2 heterocycles. The smallest absolute Gasteiger partial charge is 0.231 e. The maximum absolute atomic E-state index is 5.84. The van der Waals surface area contributed by atoms with Crippen LogP contribution in [-0.2, 0) is 0 Å². The lowest BCUT2D eigenvalue weighted by Gasteiger charge is -2.07. The lowest BCUT2D eigenvalue weighted by molar-refractivity contribution is 0.467. The molecular formula is C14H13N3O. The van der Waals surface area contributed by atoms with E-state index in [0.717, 1.165) is 16.8 Å². The molecule has 0 aliphatic carbocycles. The molecule has 0 radical (unpaired) electrons. The Morgan fingerprint density at radius 1 is 1.06 bits per heavy atom. The minimum absolute atomic E-state index is 0.575. The zero-order chi connectivity index (χ0) is 12.5. The third-order valence-corrected chi connectivity index (χ3v) is 2.73. The number of ether oxygens (including phenoxy) is 1. The molecule has 0 aliphatic heterocycles. The van der Waals surface area contributed by atoms with E-state index >= 15 is 0 Å². The van der Waals surface area contributed by atoms with Gasteiger partial charge in [0, 0.05) is 6.20 Å². The predicted molar refractivity (Wildman–Crippen MR) is 69.9 cm³/mol. The molecule has 0 spiro atoms. The summed E-state index contributed by atoms with van der Waals surface area (Å²) in [7, 11) is 0. The number of hydrogen-bond donors (Lipinski definition) is 1. The zero-order valence-corrected chi connectivity index (χ0v) is 10.3. The lowest BCUT2D eigenvalue weighted by Crippen LogP contribution is -1.91. The van der Waals surface area contributed by atoms with Crippen LogP contribution in [0.1, 0.15) is 11.1 Å². The van der Waals surface area contributed by atoms with Crippen LogP contribution >= 0.6 is 0 Å². The topological polar surface area (TPSA) is 50.8 Å². The standard InChI is InChI=1S/C14H13N3O/c1-9-5-10(2)7-11(6-9)18-14-12-3-4-15-13(12)16-8-17-14/h3-8H,1-2H3,(H,15,16,17). The number of H-pyrrole nitrogens is 1. The fraction of sp³-hybridized carbons (Fsp3) is 0.143. The number of nitrogens with zero attached hydrogens (tertiary/aromatic N) is 2. The van der Waals surface area contributed by atoms with E-state index in [1.807, 2.05) is 38.2 Å². The highest BCUT2D eigenvalue weighted by atomic mass is 16.5. The number of aryl methyl sites for hydroxylation is 2. The Kier molecular flexibility index (Phi) is 2.48. The first-order valence-electron chi connectivity index (χ1n) is 5.76. The van der Waals surface area contributed by atoms with E-state index in [1.54, 1.807) is 0 Å². The molecule has 0 atom stereocenters. The van der Waals surface area contributed by atoms with Crippen LogP contribution in [0.4, 0.5) is 0 Å². The molecule has 1 aromatic carbocycles. The van der Waals surface area contributed by atoms with Crippen LogP contribution in [0.5, 0.6) is 11.6 Å². The Balaban J connectivity index is 2.03. The van der Waals surface area contributed by atoms with Crippen molar-refractivity contribution in [2.24, 2.45) is 0 Å². The van der Waals surface area contributed by atoms with Crippen molar-refractivity contribution in [3.8, 4) is 11.6 Å². The molecule has 0 unspecified atom stereocenters. The van der Waals surface area contributed by atoms with Crippen LogP contribution in [0.3, 0.4) is 0 Å². The van der Waals surface area contributed by atoms with Gasteiger partial charge in [-0.15, -0.1) is 0 Å². The number of rotatable bonds is 2. The van der Waals surface area contributed by atoms with Gasteiger partial charge in [0.15, 0.2) is 0 Å². The molecule has 18 heavy (non-hydrogen) atoms. The Labute approximate surface area is 105 Å². The van der Waals surface area contributed by atoms with Crippen LogP contribution in [0.2, 0.25) is 0 Å². The van der Waals surface area contributed by atoms with Gasteiger partial charge in [0.2, 0.25) is 5.88 Å². The highest BCUT2D eigenvalue weighted by Gasteiger charge is 2.07. The first-order valence-corrected chi connectivity index (χ1v) is 5.76. The molecule has 0 fully saturated rings. The van der Waals surface area contributed by atoms with Crippen molar-refractivity contribution in [2.75, 3.05) is 0 Å². The van der Waals surface area contributed by atoms with E-state index in [9.17, 15) is 0 Å². The predicted octanol–water partition coefficient (Wildman–Crippen LogP) is 3.37. The number of aromatic amines is 1. The van der Waals surface area contributed by atoms with Gasteiger partial charge in [-0.1, -0.05) is 6.07 Å². The molecule has 0 saturated heterocycles. The Bertz CT molecular complexity index is 683. The van der Waals surface area contributed by atoms with Crippen LogP contribution in [0, 0.1) is 13.8 Å². The van der Waals surface area contributed by atoms with Crippen molar-refractivity contribution >= 4 is 11.0 Å². The van der Waals surface area contributed by atoms with Crippen molar-refractivity contribution in [1.82, 2.24) is 15.0 Å². The number of fused-ring (bicyclic) bond motifs is 1. The molecule has 0 amide bonds. The second kappa shape index (κ2) is 4.14. The second-order valence-corrected chi connectivity index (χ2v) is 4.34. The molecule has 1 N–H and O–H groups in total. The summed E-state index contributed by atoms with van der Waals surface area (Å²) in [5.74, 6) is 1.37. The molecule has 0 saturated carbocycles. The summed E-state index contributed by atoms with van der Waals surface area (Å²) in [4.78, 5) is 11.3. The monoisotopic (exact) mass is 239 g/mol. The molecule has 3 aromatic rings. The molecule has 90 valence electrons. The Morgan fingerprint density at radius 2 is 1.83 bits per heavy atom. The van der Waals surface area contributed by atoms with Gasteiger partial charge in [0.25, 0.3) is 0 Å². The van der Waals surface area contributed by atoms with Gasteiger partial charge in [0.1, 0.15) is 17.7 Å². The van der Waals surface area contributed by atoms with E-state index in [1.165, 1.54) is 17.5 Å². The number of benzene rings is 1. The van der Waals surface area contributed by atoms with Gasteiger partial charge < -0.3 is 9.72 Å². The normalized spacial score (nSPS) is 10.8. The van der Waals surface area contributed by atoms with E-state index in [0.29, 0.717) is 5.88 Å². The first kappa shape index (κ1) is 10.8. The van der Waals surface area contributed by atoms with E-state index < -0.39 is 0 Å². The van der Waals surface area contributed by atoms with Gasteiger partial charge in [-0.25, -0.2) is 9.97 Å². The third-order valence-electron chi connectivity index (χ3n) is 2.73. The lowest BCUT2D eigenvalue weighted by atomic mass is 10.1. The minimum Gasteiger partial charge on any atom is -0.438 e. The number of nitrogens with one attached hydrogen (secondary N) is 1. The Hall–Kier alpha value is -2.36. The van der Waals surface area contributed by atoms with Crippen LogP contribution in [0.25, 0.3) is 11.0 Å². The molecule has 3 rings (SSSR count). The summed E-state index contributed by atoms with van der Waals surface area (Å²) < 4.78 is 5.84. The van der Waals surface area contributed by atoms with Crippen molar-refractivity contribution in [1.29, 1.82) is 0 Å². The highest BCUT2D eigenvalue weighted by molar-refractivity contribution is 5.80. The second-order valence-electron chi connectivity index (χ2n) is 4.34. The average molecular weight is 239 g/mol. The van der Waals surface area contributed by atoms with Gasteiger partial charge in [-0.05, 0) is 43.2 Å². The summed E-state index contributed by atoms with van der Waals surface area (Å²) in [6, 6.07) is 8.01. The van der Waals surface area contributed by atoms with Crippen LogP contribution in [-0.4, -0.2) is 15.0 Å². The zero-order valence-electron chi connectivity index (χ0n) is 10.3. The Morgan fingerprint density at radius 3 is 2.61 bits per heavy atom. The minimum atomic E-state index is 0.575. The fourth-order valence-electron chi connectivity index (χ4n) is 2.03. The van der Waals surface area contributed by atoms with Crippen molar-refractivity contribution in [3.05, 3.63) is 47.9 Å². The van der Waals surface area contributed by atoms with Crippen LogP contribution < -0.4 is 4.74 Å². The van der Waals surface area contributed by atoms with Crippen molar-refractivity contribution in [3.63, 3.8) is 0 Å². The summed E-state index contributed by atoms with van der Waals surface area (Å²) in [5.41, 5.74) is 3.12. The summed E-state index contributed by atoms with van der Waals surface area (Å²) >= 11 is 0. The van der Waals surface area contributed by atoms with Gasteiger partial charge in [0.05, 0.1) is 5.39 Å². The van der Waals surface area contributed by atoms with Gasteiger partial charge >= 0.3 is 0 Å². The average Bonchev–Trinajstić information content (AvgIpc) is 2.76. The largest absolute Gasteiger partial charge is 0.438 e. The fourth-order valence-corrected chi connectivity index (χ4v) is 2.03. The van der Waals surface area contributed by atoms with Crippen LogP contribution in [0.15, 0.2) is 36.8 Å². The summed E-state index contributed by atoms with van der Waals surface area (Å²) in [6.45, 7) is 4.09. The maximum Gasteiger partial charge on any atom is 0.231 e. The SMILES string of the molecule is Cc1cc(C)cc(Oc2ncnc3[nH]ccc23)c1. The molecule has 4 nitrogen and oxygen atoms in total. The summed E-state index contributed by atoms with van der Waals surface area (Å²) in [6.07, 6.45) is 3.32. The summed E-state index contributed by atoms with van der Waals surface area (Å²) in [5, 5.41) is 0.886. The third kappa shape index (κ3) is 1.93. The molecule has 0 bridgehead atoms. The first-order chi connectivity index (χ1) is 8.72.